The lowest BCUT2D eigenvalue weighted by Gasteiger charge is -2.33. The molecule has 0 aromatic heterocycles. The zero-order valence-corrected chi connectivity index (χ0v) is 7.53. The van der Waals surface area contributed by atoms with Gasteiger partial charge in [0.25, 0.3) is 0 Å². The predicted octanol–water partition coefficient (Wildman–Crippen LogP) is 0.603. The largest absolute Gasteiger partial charge is 0.392 e. The first-order valence-corrected chi connectivity index (χ1v) is 4.51. The zero-order valence-electron chi connectivity index (χ0n) is 7.53. The van der Waals surface area contributed by atoms with Crippen LogP contribution >= 0.6 is 0 Å². The van der Waals surface area contributed by atoms with E-state index in [9.17, 15) is 5.11 Å². The Bertz CT molecular complexity index is 176. The maximum atomic E-state index is 9.52. The second-order valence-corrected chi connectivity index (χ2v) is 3.54. The standard InChI is InChI=1S/C9H16N2O/c1-8-3-6-11(5-2-4-10)7-9(8)12/h8-9,12H,2-3,5-7H2,1H3. The minimum atomic E-state index is -0.197. The highest BCUT2D eigenvalue weighted by Crippen LogP contribution is 2.16. The first-order chi connectivity index (χ1) is 5.74. The molecule has 1 aliphatic heterocycles. The SMILES string of the molecule is CC1CCN(CCC#N)CC1O. The molecule has 1 heterocycles. The van der Waals surface area contributed by atoms with Gasteiger partial charge in [-0.2, -0.15) is 5.26 Å². The molecule has 1 aliphatic rings. The molecule has 1 saturated heterocycles. The van der Waals surface area contributed by atoms with Gasteiger partial charge in [0.15, 0.2) is 0 Å². The van der Waals surface area contributed by atoms with Crippen molar-refractivity contribution in [3.8, 4) is 6.07 Å². The van der Waals surface area contributed by atoms with Gasteiger partial charge in [-0.15, -0.1) is 0 Å². The Balaban J connectivity index is 2.26. The summed E-state index contributed by atoms with van der Waals surface area (Å²) in [6, 6.07) is 2.12. The molecule has 0 spiro atoms. The van der Waals surface area contributed by atoms with Crippen molar-refractivity contribution < 1.29 is 5.11 Å². The van der Waals surface area contributed by atoms with Gasteiger partial charge < -0.3 is 5.11 Å². The average molecular weight is 168 g/mol. The highest BCUT2D eigenvalue weighted by Gasteiger charge is 2.23. The second kappa shape index (κ2) is 4.44. The summed E-state index contributed by atoms with van der Waals surface area (Å²) in [7, 11) is 0. The summed E-state index contributed by atoms with van der Waals surface area (Å²) < 4.78 is 0. The molecule has 0 radical (unpaired) electrons. The molecule has 0 aromatic rings. The molecule has 1 fully saturated rings. The van der Waals surface area contributed by atoms with Crippen molar-refractivity contribution in [1.29, 1.82) is 5.26 Å². The molecule has 3 heteroatoms. The summed E-state index contributed by atoms with van der Waals surface area (Å²) in [5.74, 6) is 0.420. The number of nitrogens with zero attached hydrogens (tertiary/aromatic N) is 2. The van der Waals surface area contributed by atoms with Crippen LogP contribution in [0.5, 0.6) is 0 Å². The molecule has 68 valence electrons. The van der Waals surface area contributed by atoms with Crippen LogP contribution in [0.2, 0.25) is 0 Å². The van der Waals surface area contributed by atoms with Crippen LogP contribution in [0.25, 0.3) is 0 Å². The van der Waals surface area contributed by atoms with Gasteiger partial charge in [-0.1, -0.05) is 6.92 Å². The average Bonchev–Trinajstić information content (AvgIpc) is 2.07. The van der Waals surface area contributed by atoms with E-state index in [2.05, 4.69) is 17.9 Å². The molecule has 0 aliphatic carbocycles. The monoisotopic (exact) mass is 168 g/mol. The van der Waals surface area contributed by atoms with Gasteiger partial charge in [-0.25, -0.2) is 0 Å². The Morgan fingerprint density at radius 3 is 3.00 bits per heavy atom. The van der Waals surface area contributed by atoms with E-state index in [1.807, 2.05) is 0 Å². The number of hydrogen-bond donors (Lipinski definition) is 1. The number of hydrogen-bond acceptors (Lipinski definition) is 3. The molecule has 1 rings (SSSR count). The highest BCUT2D eigenvalue weighted by atomic mass is 16.3. The van der Waals surface area contributed by atoms with Crippen LogP contribution in [0.3, 0.4) is 0 Å². The van der Waals surface area contributed by atoms with Crippen molar-refractivity contribution in [2.75, 3.05) is 19.6 Å². The van der Waals surface area contributed by atoms with Gasteiger partial charge in [0.05, 0.1) is 12.2 Å². The molecule has 2 unspecified atom stereocenters. The van der Waals surface area contributed by atoms with Crippen molar-refractivity contribution in [2.45, 2.75) is 25.9 Å². The summed E-state index contributed by atoms with van der Waals surface area (Å²) in [5.41, 5.74) is 0. The molecule has 0 amide bonds. The summed E-state index contributed by atoms with van der Waals surface area (Å²) in [6.45, 7) is 4.65. The fourth-order valence-corrected chi connectivity index (χ4v) is 1.53. The maximum absolute atomic E-state index is 9.52. The van der Waals surface area contributed by atoms with Crippen LogP contribution < -0.4 is 0 Å². The van der Waals surface area contributed by atoms with Crippen LogP contribution in [0.1, 0.15) is 19.8 Å². The van der Waals surface area contributed by atoms with Gasteiger partial charge in [-0.3, -0.25) is 4.90 Å². The summed E-state index contributed by atoms with van der Waals surface area (Å²) in [4.78, 5) is 2.16. The first kappa shape index (κ1) is 9.50. The number of rotatable bonds is 2. The van der Waals surface area contributed by atoms with E-state index in [-0.39, 0.29) is 6.10 Å². The van der Waals surface area contributed by atoms with Crippen molar-refractivity contribution in [2.24, 2.45) is 5.92 Å². The van der Waals surface area contributed by atoms with Crippen LogP contribution in [0.4, 0.5) is 0 Å². The van der Waals surface area contributed by atoms with Crippen LogP contribution in [0.15, 0.2) is 0 Å². The summed E-state index contributed by atoms with van der Waals surface area (Å²) in [5, 5.41) is 17.9. The number of piperidine rings is 1. The Kier molecular flexibility index (Phi) is 3.51. The fraction of sp³-hybridized carbons (Fsp3) is 0.889. The quantitative estimate of drug-likeness (QED) is 0.657. The van der Waals surface area contributed by atoms with Crippen molar-refractivity contribution >= 4 is 0 Å². The fourth-order valence-electron chi connectivity index (χ4n) is 1.53. The number of aliphatic hydroxyl groups excluding tert-OH is 1. The molecule has 0 saturated carbocycles. The summed E-state index contributed by atoms with van der Waals surface area (Å²) in [6.07, 6.45) is 1.42. The van der Waals surface area contributed by atoms with E-state index < -0.39 is 0 Å². The Hall–Kier alpha value is -0.590. The van der Waals surface area contributed by atoms with E-state index in [1.54, 1.807) is 0 Å². The van der Waals surface area contributed by atoms with Gasteiger partial charge in [-0.05, 0) is 18.9 Å². The zero-order chi connectivity index (χ0) is 8.97. The van der Waals surface area contributed by atoms with E-state index in [0.717, 1.165) is 26.1 Å². The van der Waals surface area contributed by atoms with Gasteiger partial charge in [0.1, 0.15) is 0 Å². The molecule has 12 heavy (non-hydrogen) atoms. The topological polar surface area (TPSA) is 47.3 Å². The maximum Gasteiger partial charge on any atom is 0.0693 e. The van der Waals surface area contributed by atoms with Gasteiger partial charge in [0.2, 0.25) is 0 Å². The second-order valence-electron chi connectivity index (χ2n) is 3.54. The van der Waals surface area contributed by atoms with Crippen molar-refractivity contribution in [3.63, 3.8) is 0 Å². The normalized spacial score (nSPS) is 31.4. The summed E-state index contributed by atoms with van der Waals surface area (Å²) >= 11 is 0. The predicted molar refractivity (Wildman–Crippen MR) is 46.5 cm³/mol. The molecule has 3 nitrogen and oxygen atoms in total. The number of β-amino-alcohol motifs (C(OH)–C–C–N with tert-alkyl or cyclic N) is 1. The minimum Gasteiger partial charge on any atom is -0.392 e. The molecule has 2 atom stereocenters. The highest BCUT2D eigenvalue weighted by molar-refractivity contribution is 4.80. The van der Waals surface area contributed by atoms with Crippen LogP contribution in [-0.4, -0.2) is 35.7 Å². The molecular weight excluding hydrogens is 152 g/mol. The number of likely N-dealkylation sites (tertiary alicyclic amines) is 1. The molecule has 1 N–H and O–H groups in total. The molecular formula is C9H16N2O. The molecule has 0 bridgehead atoms. The Morgan fingerprint density at radius 2 is 2.42 bits per heavy atom. The third kappa shape index (κ3) is 2.47. The third-order valence-electron chi connectivity index (χ3n) is 2.54. The Labute approximate surface area is 73.6 Å². The first-order valence-electron chi connectivity index (χ1n) is 4.51. The number of nitriles is 1. The lowest BCUT2D eigenvalue weighted by molar-refractivity contribution is 0.0302. The van der Waals surface area contributed by atoms with Crippen molar-refractivity contribution in [1.82, 2.24) is 4.90 Å². The minimum absolute atomic E-state index is 0.197. The Morgan fingerprint density at radius 1 is 1.67 bits per heavy atom. The van der Waals surface area contributed by atoms with Crippen LogP contribution in [-0.2, 0) is 0 Å². The lowest BCUT2D eigenvalue weighted by atomic mass is 9.96. The van der Waals surface area contributed by atoms with Gasteiger partial charge in [0, 0.05) is 19.5 Å². The van der Waals surface area contributed by atoms with E-state index in [1.165, 1.54) is 0 Å². The number of aliphatic hydroxyl groups is 1. The van der Waals surface area contributed by atoms with Gasteiger partial charge >= 0.3 is 0 Å². The van der Waals surface area contributed by atoms with E-state index in [4.69, 9.17) is 5.26 Å². The lowest BCUT2D eigenvalue weighted by Crippen LogP contribution is -2.43. The third-order valence-corrected chi connectivity index (χ3v) is 2.54. The van der Waals surface area contributed by atoms with E-state index in [0.29, 0.717) is 12.3 Å². The molecule has 0 aromatic carbocycles. The smallest absolute Gasteiger partial charge is 0.0693 e. The van der Waals surface area contributed by atoms with Crippen molar-refractivity contribution in [3.05, 3.63) is 0 Å². The van der Waals surface area contributed by atoms with E-state index >= 15 is 0 Å². The van der Waals surface area contributed by atoms with Crippen LogP contribution in [0, 0.1) is 17.2 Å².